The molecule has 1 aromatic carbocycles. The van der Waals surface area contributed by atoms with Crippen molar-refractivity contribution in [2.75, 3.05) is 0 Å². The second-order valence-corrected chi connectivity index (χ2v) is 6.34. The van der Waals surface area contributed by atoms with Crippen molar-refractivity contribution in [3.63, 3.8) is 0 Å². The number of hydrogen-bond acceptors (Lipinski definition) is 1. The van der Waals surface area contributed by atoms with Crippen LogP contribution in [0.4, 0.5) is 0 Å². The smallest absolute Gasteiger partial charge is 0.0901 e. The van der Waals surface area contributed by atoms with Crippen LogP contribution in [0.5, 0.6) is 0 Å². The van der Waals surface area contributed by atoms with Crippen molar-refractivity contribution in [3.8, 4) is 0 Å². The minimum atomic E-state index is -0.596. The molecule has 0 heterocycles. The van der Waals surface area contributed by atoms with Gasteiger partial charge < -0.3 is 5.11 Å². The highest BCUT2D eigenvalue weighted by molar-refractivity contribution is 5.29. The molecule has 1 fully saturated rings. The van der Waals surface area contributed by atoms with Gasteiger partial charge in [0.2, 0.25) is 0 Å². The van der Waals surface area contributed by atoms with Gasteiger partial charge in [-0.15, -0.1) is 0 Å². The summed E-state index contributed by atoms with van der Waals surface area (Å²) in [6.07, 6.45) is 5.33. The van der Waals surface area contributed by atoms with Crippen molar-refractivity contribution in [2.24, 2.45) is 11.8 Å². The fourth-order valence-corrected chi connectivity index (χ4v) is 3.63. The van der Waals surface area contributed by atoms with Gasteiger partial charge in [0, 0.05) is 0 Å². The van der Waals surface area contributed by atoms with Crippen molar-refractivity contribution in [1.29, 1.82) is 0 Å². The first-order valence-electron chi connectivity index (χ1n) is 7.35. The molecule has 0 amide bonds. The van der Waals surface area contributed by atoms with Crippen molar-refractivity contribution in [1.82, 2.24) is 0 Å². The van der Waals surface area contributed by atoms with Crippen LogP contribution in [-0.2, 0) is 12.0 Å². The summed E-state index contributed by atoms with van der Waals surface area (Å²) in [5.41, 5.74) is 1.89. The number of aliphatic hydroxyl groups is 1. The van der Waals surface area contributed by atoms with Gasteiger partial charge in [0.05, 0.1) is 5.60 Å². The lowest BCUT2D eigenvalue weighted by molar-refractivity contribution is -0.0363. The molecule has 2 rings (SSSR count). The first kappa shape index (κ1) is 13.6. The molecule has 1 heteroatoms. The van der Waals surface area contributed by atoms with Gasteiger partial charge in [-0.2, -0.15) is 0 Å². The third-order valence-corrected chi connectivity index (χ3v) is 4.18. The Morgan fingerprint density at radius 3 is 2.50 bits per heavy atom. The molecule has 1 N–H and O–H groups in total. The van der Waals surface area contributed by atoms with Crippen LogP contribution in [0.3, 0.4) is 0 Å². The van der Waals surface area contributed by atoms with Gasteiger partial charge in [0.1, 0.15) is 0 Å². The lowest BCUT2D eigenvalue weighted by Crippen LogP contribution is -2.35. The molecule has 18 heavy (non-hydrogen) atoms. The topological polar surface area (TPSA) is 20.2 Å². The maximum Gasteiger partial charge on any atom is 0.0901 e. The molecule has 0 spiro atoms. The predicted octanol–water partition coefficient (Wildman–Crippen LogP) is 4.28. The largest absolute Gasteiger partial charge is 0.385 e. The van der Waals surface area contributed by atoms with Gasteiger partial charge >= 0.3 is 0 Å². The molecule has 1 aliphatic carbocycles. The van der Waals surface area contributed by atoms with Crippen molar-refractivity contribution >= 4 is 0 Å². The normalized spacial score (nSPS) is 32.4. The first-order chi connectivity index (χ1) is 8.53. The Labute approximate surface area is 111 Å². The van der Waals surface area contributed by atoms with Crippen LogP contribution in [0.25, 0.3) is 0 Å². The van der Waals surface area contributed by atoms with E-state index in [0.717, 1.165) is 31.2 Å². The predicted molar refractivity (Wildman–Crippen MR) is 76.5 cm³/mol. The van der Waals surface area contributed by atoms with E-state index in [1.165, 1.54) is 12.0 Å². The van der Waals surface area contributed by atoms with Crippen LogP contribution < -0.4 is 0 Å². The van der Waals surface area contributed by atoms with Crippen molar-refractivity contribution in [3.05, 3.63) is 35.4 Å². The zero-order valence-electron chi connectivity index (χ0n) is 11.9. The van der Waals surface area contributed by atoms with Crippen molar-refractivity contribution < 1.29 is 5.11 Å². The molecular formula is C17H26O. The SMILES string of the molecule is CCCc1cccc(C2(O)CC(C)CC(C)C2)c1. The summed E-state index contributed by atoms with van der Waals surface area (Å²) >= 11 is 0. The highest BCUT2D eigenvalue weighted by Crippen LogP contribution is 2.42. The summed E-state index contributed by atoms with van der Waals surface area (Å²) in [4.78, 5) is 0. The van der Waals surface area contributed by atoms with E-state index in [4.69, 9.17) is 0 Å². The molecule has 0 saturated heterocycles. The molecule has 100 valence electrons. The van der Waals surface area contributed by atoms with E-state index in [1.54, 1.807) is 0 Å². The average Bonchev–Trinajstić information content (AvgIpc) is 2.28. The quantitative estimate of drug-likeness (QED) is 0.844. The third-order valence-electron chi connectivity index (χ3n) is 4.18. The van der Waals surface area contributed by atoms with E-state index in [1.807, 2.05) is 0 Å². The van der Waals surface area contributed by atoms with Crippen LogP contribution >= 0.6 is 0 Å². The third kappa shape index (κ3) is 2.95. The van der Waals surface area contributed by atoms with E-state index < -0.39 is 5.60 Å². The maximum absolute atomic E-state index is 11.0. The first-order valence-corrected chi connectivity index (χ1v) is 7.35. The van der Waals surface area contributed by atoms with E-state index in [-0.39, 0.29) is 0 Å². The number of hydrogen-bond donors (Lipinski definition) is 1. The summed E-state index contributed by atoms with van der Waals surface area (Å²) in [6, 6.07) is 8.59. The summed E-state index contributed by atoms with van der Waals surface area (Å²) in [7, 11) is 0. The van der Waals surface area contributed by atoms with E-state index in [2.05, 4.69) is 45.0 Å². The highest BCUT2D eigenvalue weighted by atomic mass is 16.3. The molecule has 2 atom stereocenters. The van der Waals surface area contributed by atoms with Crippen LogP contribution in [0.1, 0.15) is 57.6 Å². The number of aryl methyl sites for hydroxylation is 1. The Morgan fingerprint density at radius 2 is 1.89 bits per heavy atom. The summed E-state index contributed by atoms with van der Waals surface area (Å²) < 4.78 is 0. The Hall–Kier alpha value is -0.820. The van der Waals surface area contributed by atoms with Gasteiger partial charge in [-0.25, -0.2) is 0 Å². The van der Waals surface area contributed by atoms with E-state index >= 15 is 0 Å². The molecule has 1 saturated carbocycles. The molecule has 1 aromatic rings. The van der Waals surface area contributed by atoms with E-state index in [0.29, 0.717) is 11.8 Å². The van der Waals surface area contributed by atoms with Gasteiger partial charge in [-0.1, -0.05) is 51.5 Å². The monoisotopic (exact) mass is 246 g/mol. The molecule has 0 bridgehead atoms. The van der Waals surface area contributed by atoms with Gasteiger partial charge in [0.15, 0.2) is 0 Å². The Balaban J connectivity index is 2.25. The minimum Gasteiger partial charge on any atom is -0.385 e. The standard InChI is InChI=1S/C17H26O/c1-4-6-15-7-5-8-16(10-15)17(18)11-13(2)9-14(3)12-17/h5,7-8,10,13-14,18H,4,6,9,11-12H2,1-3H3. The lowest BCUT2D eigenvalue weighted by Gasteiger charge is -2.39. The van der Waals surface area contributed by atoms with E-state index in [9.17, 15) is 5.11 Å². The summed E-state index contributed by atoms with van der Waals surface area (Å²) in [5.74, 6) is 1.24. The maximum atomic E-state index is 11.0. The lowest BCUT2D eigenvalue weighted by atomic mass is 9.70. The Bertz CT molecular complexity index is 386. The molecule has 0 radical (unpaired) electrons. The van der Waals surface area contributed by atoms with Gasteiger partial charge in [-0.05, 0) is 48.6 Å². The average molecular weight is 246 g/mol. The van der Waals surface area contributed by atoms with Crippen LogP contribution in [0, 0.1) is 11.8 Å². The summed E-state index contributed by atoms with van der Waals surface area (Å²) in [6.45, 7) is 6.72. The van der Waals surface area contributed by atoms with Gasteiger partial charge in [0.25, 0.3) is 0 Å². The molecule has 2 unspecified atom stereocenters. The number of benzene rings is 1. The molecule has 1 nitrogen and oxygen atoms in total. The molecule has 0 aliphatic heterocycles. The van der Waals surface area contributed by atoms with Crippen LogP contribution in [0.15, 0.2) is 24.3 Å². The number of rotatable bonds is 3. The zero-order valence-corrected chi connectivity index (χ0v) is 11.9. The second kappa shape index (κ2) is 5.44. The second-order valence-electron chi connectivity index (χ2n) is 6.34. The molecule has 0 aromatic heterocycles. The minimum absolute atomic E-state index is 0.596. The summed E-state index contributed by atoms with van der Waals surface area (Å²) in [5, 5.41) is 11.0. The van der Waals surface area contributed by atoms with Gasteiger partial charge in [-0.3, -0.25) is 0 Å². The van der Waals surface area contributed by atoms with Crippen molar-refractivity contribution in [2.45, 2.75) is 58.5 Å². The Morgan fingerprint density at radius 1 is 1.22 bits per heavy atom. The zero-order chi connectivity index (χ0) is 13.2. The highest BCUT2D eigenvalue weighted by Gasteiger charge is 2.37. The fourth-order valence-electron chi connectivity index (χ4n) is 3.63. The Kier molecular flexibility index (Phi) is 4.11. The fraction of sp³-hybridized carbons (Fsp3) is 0.647. The molecule has 1 aliphatic rings. The van der Waals surface area contributed by atoms with Crippen LogP contribution in [0.2, 0.25) is 0 Å². The molecular weight excluding hydrogens is 220 g/mol. The van der Waals surface area contributed by atoms with Crippen LogP contribution in [-0.4, -0.2) is 5.11 Å².